The Labute approximate surface area is 179 Å². The number of carbonyl (C=O) groups is 2. The van der Waals surface area contributed by atoms with Gasteiger partial charge in [0.1, 0.15) is 0 Å². The highest BCUT2D eigenvalue weighted by molar-refractivity contribution is 9.10. The molecule has 0 radical (unpaired) electrons. The highest BCUT2D eigenvalue weighted by Crippen LogP contribution is 2.23. The van der Waals surface area contributed by atoms with E-state index >= 15 is 0 Å². The summed E-state index contributed by atoms with van der Waals surface area (Å²) in [6, 6.07) is 9.58. The van der Waals surface area contributed by atoms with Crippen LogP contribution in [-0.4, -0.2) is 36.3 Å². The molecule has 1 heterocycles. The second-order valence-corrected chi connectivity index (χ2v) is 8.30. The number of nitrogens with one attached hydrogen (secondary N) is 2. The second-order valence-electron chi connectivity index (χ2n) is 6.61. The highest BCUT2D eigenvalue weighted by atomic mass is 79.9. The summed E-state index contributed by atoms with van der Waals surface area (Å²) >= 11 is 5.08. The van der Waals surface area contributed by atoms with Crippen molar-refractivity contribution in [1.29, 1.82) is 0 Å². The van der Waals surface area contributed by atoms with E-state index in [0.717, 1.165) is 23.1 Å². The Morgan fingerprint density at radius 1 is 1.11 bits per heavy atom. The molecule has 1 aromatic heterocycles. The van der Waals surface area contributed by atoms with Gasteiger partial charge in [0.05, 0.1) is 18.5 Å². The van der Waals surface area contributed by atoms with Crippen molar-refractivity contribution in [3.63, 3.8) is 0 Å². The molecule has 2 amide bonds. The summed E-state index contributed by atoms with van der Waals surface area (Å²) < 4.78 is 0.958. The zero-order valence-electron chi connectivity index (χ0n) is 16.6. The van der Waals surface area contributed by atoms with E-state index in [0.29, 0.717) is 6.54 Å². The summed E-state index contributed by atoms with van der Waals surface area (Å²) in [5, 5.41) is 10.2. The summed E-state index contributed by atoms with van der Waals surface area (Å²) in [5.74, 6) is -0.228. The largest absolute Gasteiger partial charge is 0.354 e. The van der Waals surface area contributed by atoms with Gasteiger partial charge in [0, 0.05) is 17.9 Å². The van der Waals surface area contributed by atoms with Crippen molar-refractivity contribution in [2.75, 3.05) is 19.6 Å². The summed E-state index contributed by atoms with van der Waals surface area (Å²) in [4.78, 5) is 26.6. The van der Waals surface area contributed by atoms with Crippen molar-refractivity contribution in [1.82, 2.24) is 15.5 Å². The van der Waals surface area contributed by atoms with Gasteiger partial charge in [-0.25, -0.2) is 0 Å². The van der Waals surface area contributed by atoms with Gasteiger partial charge >= 0.3 is 0 Å². The van der Waals surface area contributed by atoms with Crippen LogP contribution in [0.25, 0.3) is 0 Å². The molecule has 2 aromatic rings. The minimum absolute atomic E-state index is 0.0749. The molecule has 0 saturated heterocycles. The minimum Gasteiger partial charge on any atom is -0.354 e. The third-order valence-electron chi connectivity index (χ3n) is 4.71. The average molecular weight is 466 g/mol. The molecule has 2 atom stereocenters. The van der Waals surface area contributed by atoms with E-state index in [9.17, 15) is 9.59 Å². The fourth-order valence-corrected chi connectivity index (χ4v) is 4.22. The number of nitrogens with zero attached hydrogens (tertiary/aromatic N) is 1. The quantitative estimate of drug-likeness (QED) is 0.550. The van der Waals surface area contributed by atoms with Crippen LogP contribution < -0.4 is 10.6 Å². The van der Waals surface area contributed by atoms with E-state index in [1.54, 1.807) is 11.3 Å². The summed E-state index contributed by atoms with van der Waals surface area (Å²) in [6.07, 6.45) is 0.204. The molecule has 28 heavy (non-hydrogen) atoms. The number of hydrogen-bond donors (Lipinski definition) is 2. The summed E-state index contributed by atoms with van der Waals surface area (Å²) in [7, 11) is 0. The van der Waals surface area contributed by atoms with Crippen LogP contribution >= 0.6 is 27.3 Å². The first-order valence-electron chi connectivity index (χ1n) is 9.50. The van der Waals surface area contributed by atoms with E-state index in [2.05, 4.69) is 62.1 Å². The van der Waals surface area contributed by atoms with Gasteiger partial charge in [-0.05, 0) is 53.2 Å². The van der Waals surface area contributed by atoms with Crippen LogP contribution in [0.5, 0.6) is 0 Å². The lowest BCUT2D eigenvalue weighted by Crippen LogP contribution is -2.39. The maximum absolute atomic E-state index is 12.7. The smallest absolute Gasteiger partial charge is 0.222 e. The molecule has 2 N–H and O–H groups in total. The number of amides is 2. The number of thiophene rings is 1. The highest BCUT2D eigenvalue weighted by Gasteiger charge is 2.21. The zero-order chi connectivity index (χ0) is 20.5. The molecule has 0 fully saturated rings. The molecule has 5 nitrogen and oxygen atoms in total. The molecule has 0 bridgehead atoms. The Morgan fingerprint density at radius 2 is 1.79 bits per heavy atom. The monoisotopic (exact) mass is 465 g/mol. The lowest BCUT2D eigenvalue weighted by Gasteiger charge is -2.29. The Bertz CT molecular complexity index is 746. The van der Waals surface area contributed by atoms with Crippen LogP contribution in [0, 0.1) is 0 Å². The first-order valence-corrected chi connectivity index (χ1v) is 11.2. The van der Waals surface area contributed by atoms with Crippen LogP contribution in [0.4, 0.5) is 0 Å². The maximum atomic E-state index is 12.7. The standard InChI is InChI=1S/C21H28BrN3O2S/c1-4-25(5-2)20(17-10-11-28-14-17)13-23-21(27)12-19(24-15(3)26)16-6-8-18(22)9-7-16/h6-11,14,19-20H,4-5,12-13H2,1-3H3,(H,23,27)(H,24,26). The molecule has 1 aromatic carbocycles. The number of rotatable bonds is 10. The second kappa shape index (κ2) is 11.3. The molecule has 0 aliphatic heterocycles. The van der Waals surface area contributed by atoms with E-state index < -0.39 is 0 Å². The predicted octanol–water partition coefficient (Wildman–Crippen LogP) is 4.28. The van der Waals surface area contributed by atoms with Crippen molar-refractivity contribution in [3.05, 3.63) is 56.7 Å². The van der Waals surface area contributed by atoms with Gasteiger partial charge in [-0.15, -0.1) is 0 Å². The molecule has 0 aliphatic rings. The van der Waals surface area contributed by atoms with E-state index in [1.807, 2.05) is 24.3 Å². The van der Waals surface area contributed by atoms with Crippen LogP contribution in [0.2, 0.25) is 0 Å². The van der Waals surface area contributed by atoms with Gasteiger partial charge in [-0.1, -0.05) is 41.9 Å². The van der Waals surface area contributed by atoms with Gasteiger partial charge in [-0.2, -0.15) is 11.3 Å². The predicted molar refractivity (Wildman–Crippen MR) is 118 cm³/mol. The molecule has 2 unspecified atom stereocenters. The molecule has 0 aliphatic carbocycles. The molecule has 0 saturated carbocycles. The first-order chi connectivity index (χ1) is 13.4. The van der Waals surface area contributed by atoms with Crippen molar-refractivity contribution < 1.29 is 9.59 Å². The van der Waals surface area contributed by atoms with Crippen molar-refractivity contribution in [2.45, 2.75) is 39.3 Å². The van der Waals surface area contributed by atoms with Crippen molar-refractivity contribution in [3.8, 4) is 0 Å². The Hall–Kier alpha value is -1.70. The molecule has 7 heteroatoms. The topological polar surface area (TPSA) is 61.4 Å². The van der Waals surface area contributed by atoms with E-state index in [1.165, 1.54) is 12.5 Å². The van der Waals surface area contributed by atoms with Crippen LogP contribution in [0.1, 0.15) is 50.4 Å². The Morgan fingerprint density at radius 3 is 2.32 bits per heavy atom. The molecule has 0 spiro atoms. The van der Waals surface area contributed by atoms with Gasteiger partial charge in [0.15, 0.2) is 0 Å². The van der Waals surface area contributed by atoms with E-state index in [-0.39, 0.29) is 30.3 Å². The molecule has 2 rings (SSSR count). The van der Waals surface area contributed by atoms with E-state index in [4.69, 9.17) is 0 Å². The molecular formula is C21H28BrN3O2S. The summed E-state index contributed by atoms with van der Waals surface area (Å²) in [6.45, 7) is 8.11. The third kappa shape index (κ3) is 6.72. The number of benzene rings is 1. The number of halogens is 1. The van der Waals surface area contributed by atoms with Crippen LogP contribution in [0.15, 0.2) is 45.6 Å². The van der Waals surface area contributed by atoms with Gasteiger partial charge in [-0.3, -0.25) is 14.5 Å². The minimum atomic E-state index is -0.348. The van der Waals surface area contributed by atoms with Crippen molar-refractivity contribution >= 4 is 39.1 Å². The maximum Gasteiger partial charge on any atom is 0.222 e. The molecule has 152 valence electrons. The third-order valence-corrected chi connectivity index (χ3v) is 5.94. The van der Waals surface area contributed by atoms with Crippen LogP contribution in [-0.2, 0) is 9.59 Å². The molecular weight excluding hydrogens is 438 g/mol. The zero-order valence-corrected chi connectivity index (χ0v) is 19.0. The SMILES string of the molecule is CCN(CC)C(CNC(=O)CC(NC(C)=O)c1ccc(Br)cc1)c1ccsc1. The number of likely N-dealkylation sites (N-methyl/N-ethyl adjacent to an activating group) is 1. The number of hydrogen-bond acceptors (Lipinski definition) is 4. The van der Waals surface area contributed by atoms with Gasteiger partial charge in [0.2, 0.25) is 11.8 Å². The van der Waals surface area contributed by atoms with Gasteiger partial charge in [0.25, 0.3) is 0 Å². The Kier molecular flexibility index (Phi) is 9.15. The Balaban J connectivity index is 2.04. The normalized spacial score (nSPS) is 13.2. The lowest BCUT2D eigenvalue weighted by molar-refractivity contribution is -0.123. The summed E-state index contributed by atoms with van der Waals surface area (Å²) in [5.41, 5.74) is 2.13. The lowest BCUT2D eigenvalue weighted by atomic mass is 10.0. The fourth-order valence-electron chi connectivity index (χ4n) is 3.25. The fraction of sp³-hybridized carbons (Fsp3) is 0.429. The average Bonchev–Trinajstić information content (AvgIpc) is 3.19. The first kappa shape index (κ1) is 22.6. The van der Waals surface area contributed by atoms with Crippen LogP contribution in [0.3, 0.4) is 0 Å². The van der Waals surface area contributed by atoms with Crippen molar-refractivity contribution in [2.24, 2.45) is 0 Å². The van der Waals surface area contributed by atoms with Gasteiger partial charge < -0.3 is 10.6 Å². The number of carbonyl (C=O) groups excluding carboxylic acids is 2.